The minimum atomic E-state index is -0.410. The Morgan fingerprint density at radius 3 is 2.35 bits per heavy atom. The first-order valence-electron chi connectivity index (χ1n) is 5.24. The maximum Gasteiger partial charge on any atom is 0.269 e. The molecule has 0 aliphatic heterocycles. The third-order valence-electron chi connectivity index (χ3n) is 2.36. The van der Waals surface area contributed by atoms with Crippen molar-refractivity contribution in [1.82, 2.24) is 9.95 Å². The van der Waals surface area contributed by atoms with Gasteiger partial charge in [0.2, 0.25) is 0 Å². The summed E-state index contributed by atoms with van der Waals surface area (Å²) >= 11 is 11.5. The molecule has 3 nitrogen and oxygen atoms in total. The predicted molar refractivity (Wildman–Crippen MR) is 71.1 cm³/mol. The van der Waals surface area contributed by atoms with E-state index in [0.29, 0.717) is 10.6 Å². The van der Waals surface area contributed by atoms with Gasteiger partial charge in [-0.05, 0) is 63.2 Å². The second-order valence-corrected chi connectivity index (χ2v) is 5.44. The summed E-state index contributed by atoms with van der Waals surface area (Å²) < 4.78 is 0. The van der Waals surface area contributed by atoms with Crippen LogP contribution in [0, 0.1) is 6.92 Å². The van der Waals surface area contributed by atoms with Crippen molar-refractivity contribution in [3.63, 3.8) is 0 Å². The predicted octanol–water partition coefficient (Wildman–Crippen LogP) is 3.55. The van der Waals surface area contributed by atoms with Gasteiger partial charge in [-0.15, -0.1) is 4.94 Å². The number of aryl methyl sites for hydroxylation is 1. The molecule has 0 saturated carbocycles. The first-order valence-corrected chi connectivity index (χ1v) is 6.00. The van der Waals surface area contributed by atoms with Gasteiger partial charge >= 0.3 is 0 Å². The number of benzene rings is 1. The number of carbonyl (C=O) groups excluding carboxylic acids is 1. The van der Waals surface area contributed by atoms with E-state index in [2.05, 4.69) is 4.94 Å². The summed E-state index contributed by atoms with van der Waals surface area (Å²) in [4.78, 5) is 14.6. The average Bonchev–Trinajstić information content (AvgIpc) is 2.20. The highest BCUT2D eigenvalue weighted by atomic mass is 35.5. The van der Waals surface area contributed by atoms with E-state index < -0.39 is 5.54 Å². The number of hydrogen-bond donors (Lipinski definition) is 1. The van der Waals surface area contributed by atoms with Crippen LogP contribution in [0.1, 0.15) is 36.7 Å². The second kappa shape index (κ2) is 5.25. The highest BCUT2D eigenvalue weighted by Crippen LogP contribution is 2.20. The van der Waals surface area contributed by atoms with Crippen LogP contribution in [0.2, 0.25) is 5.02 Å². The summed E-state index contributed by atoms with van der Waals surface area (Å²) in [5, 5.41) is 2.01. The summed E-state index contributed by atoms with van der Waals surface area (Å²) in [7, 11) is 0. The first-order chi connectivity index (χ1) is 7.77. The molecule has 0 saturated heterocycles. The Hall–Kier alpha value is -0.770. The minimum Gasteiger partial charge on any atom is -0.268 e. The van der Waals surface area contributed by atoms with Gasteiger partial charge in [-0.1, -0.05) is 11.6 Å². The van der Waals surface area contributed by atoms with Gasteiger partial charge in [0.1, 0.15) is 0 Å². The van der Waals surface area contributed by atoms with E-state index in [-0.39, 0.29) is 5.91 Å². The van der Waals surface area contributed by atoms with Crippen molar-refractivity contribution >= 4 is 29.3 Å². The van der Waals surface area contributed by atoms with Crippen LogP contribution in [0.3, 0.4) is 0 Å². The second-order valence-electron chi connectivity index (χ2n) is 4.86. The third kappa shape index (κ3) is 3.35. The molecule has 1 amide bonds. The molecule has 0 unspecified atom stereocenters. The molecule has 0 atom stereocenters. The van der Waals surface area contributed by atoms with Crippen molar-refractivity contribution in [2.75, 3.05) is 0 Å². The lowest BCUT2D eigenvalue weighted by Gasteiger charge is -2.33. The Kier molecular flexibility index (Phi) is 4.42. The molecule has 0 aliphatic rings. The molecule has 5 heteroatoms. The van der Waals surface area contributed by atoms with Crippen LogP contribution in [0.4, 0.5) is 0 Å². The van der Waals surface area contributed by atoms with E-state index in [0.717, 1.165) is 5.56 Å². The van der Waals surface area contributed by atoms with Crippen LogP contribution < -0.4 is 4.94 Å². The van der Waals surface area contributed by atoms with Crippen molar-refractivity contribution in [3.05, 3.63) is 34.3 Å². The van der Waals surface area contributed by atoms with Crippen LogP contribution >= 0.6 is 23.4 Å². The fourth-order valence-electron chi connectivity index (χ4n) is 1.38. The zero-order valence-corrected chi connectivity index (χ0v) is 11.9. The molecule has 1 rings (SSSR count). The molecule has 0 radical (unpaired) electrons. The molecule has 1 aromatic carbocycles. The van der Waals surface area contributed by atoms with Crippen molar-refractivity contribution in [2.24, 2.45) is 0 Å². The summed E-state index contributed by atoms with van der Waals surface area (Å²) in [6.07, 6.45) is 0. The number of halogens is 2. The Labute approximate surface area is 112 Å². The lowest BCUT2D eigenvalue weighted by molar-refractivity contribution is 0.0515. The number of rotatable bonds is 2. The van der Waals surface area contributed by atoms with E-state index in [1.54, 1.807) is 18.2 Å². The molecule has 1 N–H and O–H groups in total. The number of nitrogens with zero attached hydrogens (tertiary/aromatic N) is 1. The van der Waals surface area contributed by atoms with Gasteiger partial charge in [0, 0.05) is 10.6 Å². The monoisotopic (exact) mass is 274 g/mol. The van der Waals surface area contributed by atoms with Gasteiger partial charge in [0.25, 0.3) is 5.91 Å². The molecule has 0 bridgehead atoms. The summed E-state index contributed by atoms with van der Waals surface area (Å²) in [5.41, 5.74) is 1.00. The Bertz CT molecular complexity index is 427. The van der Waals surface area contributed by atoms with E-state index in [4.69, 9.17) is 23.4 Å². The fraction of sp³-hybridized carbons (Fsp3) is 0.417. The number of carbonyl (C=O) groups is 1. The van der Waals surface area contributed by atoms with E-state index in [1.165, 1.54) is 5.01 Å². The molecule has 17 heavy (non-hydrogen) atoms. The number of hydrazine groups is 1. The number of amides is 1. The van der Waals surface area contributed by atoms with Crippen molar-refractivity contribution in [1.29, 1.82) is 0 Å². The van der Waals surface area contributed by atoms with E-state index in [9.17, 15) is 4.79 Å². The highest BCUT2D eigenvalue weighted by Gasteiger charge is 2.27. The number of hydrogen-bond acceptors (Lipinski definition) is 2. The summed E-state index contributed by atoms with van der Waals surface area (Å²) in [5.74, 6) is -0.188. The van der Waals surface area contributed by atoms with Crippen LogP contribution in [0.25, 0.3) is 0 Å². The van der Waals surface area contributed by atoms with Gasteiger partial charge < -0.3 is 0 Å². The SMILES string of the molecule is Cc1cc(C(=O)N(NCl)C(C)(C)C)ccc1Cl. The molecular weight excluding hydrogens is 259 g/mol. The van der Waals surface area contributed by atoms with Crippen LogP contribution in [-0.2, 0) is 0 Å². The average molecular weight is 275 g/mol. The standard InChI is InChI=1S/C12H16Cl2N2O/c1-8-7-9(5-6-10(8)13)11(17)16(15-14)12(2,3)4/h5-7,15H,1-4H3. The van der Waals surface area contributed by atoms with Gasteiger partial charge in [0.05, 0.1) is 5.54 Å². The molecule has 94 valence electrons. The maximum absolute atomic E-state index is 12.2. The minimum absolute atomic E-state index is 0.188. The largest absolute Gasteiger partial charge is 0.269 e. The van der Waals surface area contributed by atoms with Crippen molar-refractivity contribution in [3.8, 4) is 0 Å². The van der Waals surface area contributed by atoms with Gasteiger partial charge in [-0.2, -0.15) is 0 Å². The Morgan fingerprint density at radius 2 is 1.94 bits per heavy atom. The topological polar surface area (TPSA) is 32.3 Å². The Morgan fingerprint density at radius 1 is 1.35 bits per heavy atom. The lowest BCUT2D eigenvalue weighted by Crippen LogP contribution is -2.50. The van der Waals surface area contributed by atoms with Gasteiger partial charge in [-0.3, -0.25) is 9.80 Å². The first kappa shape index (κ1) is 14.3. The van der Waals surface area contributed by atoms with Gasteiger partial charge in [0.15, 0.2) is 0 Å². The van der Waals surface area contributed by atoms with Gasteiger partial charge in [-0.25, -0.2) is 0 Å². The Balaban J connectivity index is 3.07. The molecule has 0 spiro atoms. The molecule has 1 aromatic rings. The summed E-state index contributed by atoms with van der Waals surface area (Å²) in [6.45, 7) is 7.53. The normalized spacial score (nSPS) is 11.4. The summed E-state index contributed by atoms with van der Waals surface area (Å²) in [6, 6.07) is 5.14. The maximum atomic E-state index is 12.2. The number of nitrogens with one attached hydrogen (secondary N) is 1. The molecule has 0 heterocycles. The molecular formula is C12H16Cl2N2O. The third-order valence-corrected chi connectivity index (χ3v) is 2.96. The highest BCUT2D eigenvalue weighted by molar-refractivity contribution is 6.31. The zero-order valence-electron chi connectivity index (χ0n) is 10.3. The van der Waals surface area contributed by atoms with Crippen LogP contribution in [-0.4, -0.2) is 16.5 Å². The fourth-order valence-corrected chi connectivity index (χ4v) is 1.82. The smallest absolute Gasteiger partial charge is 0.268 e. The van der Waals surface area contributed by atoms with Crippen LogP contribution in [0.15, 0.2) is 18.2 Å². The lowest BCUT2D eigenvalue weighted by atomic mass is 10.1. The van der Waals surface area contributed by atoms with Crippen molar-refractivity contribution < 1.29 is 4.79 Å². The van der Waals surface area contributed by atoms with Crippen LogP contribution in [0.5, 0.6) is 0 Å². The van der Waals surface area contributed by atoms with E-state index >= 15 is 0 Å². The quantitative estimate of drug-likeness (QED) is 0.661. The molecule has 0 aliphatic carbocycles. The molecule has 0 aromatic heterocycles. The van der Waals surface area contributed by atoms with E-state index in [1.807, 2.05) is 27.7 Å². The molecule has 0 fully saturated rings. The van der Waals surface area contributed by atoms with Crippen molar-refractivity contribution in [2.45, 2.75) is 33.2 Å². The zero-order chi connectivity index (χ0) is 13.2.